The molecule has 0 amide bonds. The predicted octanol–water partition coefficient (Wildman–Crippen LogP) is 6.75. The van der Waals surface area contributed by atoms with E-state index in [9.17, 15) is 12.8 Å². The lowest BCUT2D eigenvalue weighted by Gasteiger charge is -2.12. The number of fused-ring (bicyclic) bond motifs is 1. The molecule has 0 aliphatic carbocycles. The van der Waals surface area contributed by atoms with Gasteiger partial charge >= 0.3 is 0 Å². The Hall–Kier alpha value is -3.52. The van der Waals surface area contributed by atoms with Crippen molar-refractivity contribution in [2.45, 2.75) is 32.1 Å². The quantitative estimate of drug-likeness (QED) is 0.134. The summed E-state index contributed by atoms with van der Waals surface area (Å²) in [6.45, 7) is 4.14. The van der Waals surface area contributed by atoms with Crippen LogP contribution in [0.1, 0.15) is 24.4 Å². The van der Waals surface area contributed by atoms with Gasteiger partial charge in [-0.3, -0.25) is 4.98 Å². The van der Waals surface area contributed by atoms with Crippen molar-refractivity contribution in [3.63, 3.8) is 0 Å². The molecule has 5 rings (SSSR count). The van der Waals surface area contributed by atoms with Gasteiger partial charge in [0, 0.05) is 22.9 Å². The molecule has 3 heterocycles. The van der Waals surface area contributed by atoms with Gasteiger partial charge in [0.25, 0.3) is 0 Å². The highest BCUT2D eigenvalue weighted by Crippen LogP contribution is 2.32. The van der Waals surface area contributed by atoms with E-state index >= 15 is 0 Å². The Morgan fingerprint density at radius 1 is 1.05 bits per heavy atom. The molecule has 0 saturated heterocycles. The second-order valence-corrected chi connectivity index (χ2v) is 14.4. The summed E-state index contributed by atoms with van der Waals surface area (Å²) < 4.78 is 49.5. The van der Waals surface area contributed by atoms with Gasteiger partial charge < -0.3 is 14.8 Å². The van der Waals surface area contributed by atoms with Gasteiger partial charge in [0.05, 0.1) is 56.8 Å². The first-order chi connectivity index (χ1) is 20.7. The second-order valence-electron chi connectivity index (χ2n) is 9.90. The molecular weight excluding hydrogens is 657 g/mol. The van der Waals surface area contributed by atoms with Crippen LogP contribution in [-0.4, -0.2) is 52.6 Å². The van der Waals surface area contributed by atoms with E-state index in [0.717, 1.165) is 31.8 Å². The van der Waals surface area contributed by atoms with Crippen LogP contribution in [0.15, 0.2) is 70.9 Å². The summed E-state index contributed by atoms with van der Waals surface area (Å²) in [7, 11) is -3.11. The molecule has 9 nitrogen and oxygen atoms in total. The molecule has 0 aliphatic rings. The smallest absolute Gasteiger partial charge is 0.154 e. The van der Waals surface area contributed by atoms with E-state index in [1.165, 1.54) is 29.8 Å². The van der Waals surface area contributed by atoms with E-state index in [2.05, 4.69) is 36.2 Å². The Kier molecular flexibility index (Phi) is 9.96. The van der Waals surface area contributed by atoms with Gasteiger partial charge in [-0.25, -0.2) is 27.8 Å². The van der Waals surface area contributed by atoms with Crippen LogP contribution in [0.3, 0.4) is 0 Å². The maximum absolute atomic E-state index is 13.5. The fraction of sp³-hybridized carbons (Fsp3) is 0.267. The van der Waals surface area contributed by atoms with Crippen LogP contribution in [-0.2, 0) is 27.6 Å². The maximum atomic E-state index is 13.5. The zero-order valence-corrected chi connectivity index (χ0v) is 26.7. The van der Waals surface area contributed by atoms with E-state index < -0.39 is 15.1 Å². The van der Waals surface area contributed by atoms with Crippen LogP contribution in [0.25, 0.3) is 22.3 Å². The molecule has 0 atom stereocenters. The van der Waals surface area contributed by atoms with Crippen LogP contribution in [0.4, 0.5) is 15.9 Å². The number of hydrogen-bond acceptors (Lipinski definition) is 10. The molecule has 0 saturated carbocycles. The van der Waals surface area contributed by atoms with Crippen molar-refractivity contribution >= 4 is 59.5 Å². The number of anilines is 2. The second kappa shape index (κ2) is 13.8. The number of sulfone groups is 1. The van der Waals surface area contributed by atoms with Crippen molar-refractivity contribution in [3.05, 3.63) is 87.3 Å². The Morgan fingerprint density at radius 3 is 2.70 bits per heavy atom. The molecule has 5 aromatic rings. The molecule has 0 unspecified atom stereocenters. The highest BCUT2D eigenvalue weighted by Gasteiger charge is 2.16. The van der Waals surface area contributed by atoms with Gasteiger partial charge in [0.2, 0.25) is 0 Å². The standard InChI is InChI=1S/C30H29BrFN5O4S2/c1-19(2)43(38,39)11-10-40-9-8-29-37-27(17-42-29)25-14-23-26(15-33-25)34-18-35-30(23)36-22-6-7-28(24(31)13-22)41-16-20-4-3-5-21(32)12-20/h3-7,12-15,17-19H,8-11,16H2,1-2H3,(H,34,35,36). The van der Waals surface area contributed by atoms with Crippen molar-refractivity contribution in [2.24, 2.45) is 0 Å². The third-order valence-electron chi connectivity index (χ3n) is 6.50. The van der Waals surface area contributed by atoms with Crippen molar-refractivity contribution in [1.82, 2.24) is 19.9 Å². The van der Waals surface area contributed by atoms with Gasteiger partial charge in [-0.1, -0.05) is 12.1 Å². The summed E-state index contributed by atoms with van der Waals surface area (Å²) in [5.74, 6) is 0.941. The van der Waals surface area contributed by atoms with Crippen LogP contribution in [0.5, 0.6) is 5.75 Å². The van der Waals surface area contributed by atoms with E-state index in [-0.39, 0.29) is 24.8 Å². The highest BCUT2D eigenvalue weighted by atomic mass is 79.9. The SMILES string of the molecule is CC(C)S(=O)(=O)CCOCCc1nc(-c2cc3c(Nc4ccc(OCc5cccc(F)c5)c(Br)c4)ncnc3cn2)cs1. The van der Waals surface area contributed by atoms with Gasteiger partial charge in [-0.2, -0.15) is 0 Å². The first-order valence-electron chi connectivity index (χ1n) is 13.5. The molecule has 0 fully saturated rings. The zero-order valence-electron chi connectivity index (χ0n) is 23.5. The number of rotatable bonds is 13. The molecule has 1 N–H and O–H groups in total. The summed E-state index contributed by atoms with van der Waals surface area (Å²) in [5.41, 5.74) is 3.60. The number of halogens is 2. The average molecular weight is 687 g/mol. The Labute approximate surface area is 261 Å². The van der Waals surface area contributed by atoms with Crippen molar-refractivity contribution < 1.29 is 22.3 Å². The largest absolute Gasteiger partial charge is 0.488 e. The number of nitrogens with zero attached hydrogens (tertiary/aromatic N) is 4. The normalized spacial score (nSPS) is 11.7. The monoisotopic (exact) mass is 685 g/mol. The van der Waals surface area contributed by atoms with Crippen molar-refractivity contribution in [3.8, 4) is 17.1 Å². The summed E-state index contributed by atoms with van der Waals surface area (Å²) in [6, 6.07) is 13.8. The highest BCUT2D eigenvalue weighted by molar-refractivity contribution is 9.10. The van der Waals surface area contributed by atoms with E-state index in [1.807, 2.05) is 35.7 Å². The molecule has 0 radical (unpaired) electrons. The first-order valence-corrected chi connectivity index (χ1v) is 16.9. The van der Waals surface area contributed by atoms with Crippen LogP contribution in [0.2, 0.25) is 0 Å². The van der Waals surface area contributed by atoms with Crippen LogP contribution in [0, 0.1) is 5.82 Å². The Balaban J connectivity index is 1.24. The number of hydrogen-bond donors (Lipinski definition) is 1. The van der Waals surface area contributed by atoms with Gasteiger partial charge in [-0.05, 0) is 71.7 Å². The number of aromatic nitrogens is 4. The van der Waals surface area contributed by atoms with E-state index in [0.29, 0.717) is 35.8 Å². The lowest BCUT2D eigenvalue weighted by Crippen LogP contribution is -2.21. The summed E-state index contributed by atoms with van der Waals surface area (Å²) in [4.78, 5) is 18.1. The fourth-order valence-corrected chi connectivity index (χ4v) is 6.12. The van der Waals surface area contributed by atoms with Crippen LogP contribution < -0.4 is 10.1 Å². The predicted molar refractivity (Wildman–Crippen MR) is 170 cm³/mol. The average Bonchev–Trinajstić information content (AvgIpc) is 3.45. The topological polar surface area (TPSA) is 116 Å². The minimum atomic E-state index is -3.11. The third kappa shape index (κ3) is 8.11. The number of ether oxygens (including phenoxy) is 2. The lowest BCUT2D eigenvalue weighted by atomic mass is 10.2. The summed E-state index contributed by atoms with van der Waals surface area (Å²) >= 11 is 5.06. The maximum Gasteiger partial charge on any atom is 0.154 e. The number of pyridine rings is 1. The first kappa shape index (κ1) is 30.9. The van der Waals surface area contributed by atoms with Crippen molar-refractivity contribution in [2.75, 3.05) is 24.3 Å². The van der Waals surface area contributed by atoms with Crippen molar-refractivity contribution in [1.29, 1.82) is 0 Å². The fourth-order valence-electron chi connectivity index (χ4n) is 4.03. The molecule has 43 heavy (non-hydrogen) atoms. The van der Waals surface area contributed by atoms with E-state index in [4.69, 9.17) is 14.5 Å². The molecule has 2 aromatic carbocycles. The molecule has 3 aromatic heterocycles. The van der Waals surface area contributed by atoms with Gasteiger partial charge in [0.1, 0.15) is 30.3 Å². The molecule has 13 heteroatoms. The van der Waals surface area contributed by atoms with Crippen LogP contribution >= 0.6 is 27.3 Å². The molecule has 0 bridgehead atoms. The Bertz CT molecular complexity index is 1830. The zero-order chi connectivity index (χ0) is 30.4. The minimum Gasteiger partial charge on any atom is -0.488 e. The lowest BCUT2D eigenvalue weighted by molar-refractivity contribution is 0.152. The number of benzene rings is 2. The molecule has 0 spiro atoms. The minimum absolute atomic E-state index is 0.0126. The summed E-state index contributed by atoms with van der Waals surface area (Å²) in [6.07, 6.45) is 3.74. The third-order valence-corrected chi connectivity index (χ3v) is 10.2. The van der Waals surface area contributed by atoms with Gasteiger partial charge in [0.15, 0.2) is 9.84 Å². The number of nitrogens with one attached hydrogen (secondary N) is 1. The van der Waals surface area contributed by atoms with Gasteiger partial charge in [-0.15, -0.1) is 11.3 Å². The summed E-state index contributed by atoms with van der Waals surface area (Å²) in [5, 5.41) is 6.52. The Morgan fingerprint density at radius 2 is 1.91 bits per heavy atom. The molecule has 224 valence electrons. The van der Waals surface area contributed by atoms with E-state index in [1.54, 1.807) is 26.1 Å². The number of thiazole rings is 1. The molecular formula is C30H29BrFN5O4S2. The molecule has 0 aliphatic heterocycles.